The van der Waals surface area contributed by atoms with Gasteiger partial charge in [0.25, 0.3) is 0 Å². The molecule has 1 nitrogen and oxygen atoms in total. The monoisotopic (exact) mass is 984 g/mol. The van der Waals surface area contributed by atoms with E-state index in [1.807, 2.05) is 29.6 Å². The molecule has 0 saturated heterocycles. The number of hydrogen-bond acceptors (Lipinski definition) is 5. The SMILES string of the molecule is CCCCC(CC)Cc1ccc(-c2c3cc(-c4sc(C)c5c(F)c(C(=O)C(CC)CCCC)sc45)sc3c(-c3ccc(CC(CC)CCCC)[se]3)c3cc(C)sc23)[se]1. The molecule has 0 aliphatic rings. The quantitative estimate of drug-likeness (QED) is 0.0518. The number of fused-ring (bicyclic) bond motifs is 3. The Labute approximate surface area is 375 Å². The van der Waals surface area contributed by atoms with Crippen molar-refractivity contribution < 1.29 is 9.18 Å². The van der Waals surface area contributed by atoms with Crippen molar-refractivity contribution in [3.8, 4) is 29.8 Å². The molecule has 0 aliphatic heterocycles. The van der Waals surface area contributed by atoms with E-state index in [1.165, 1.54) is 125 Å². The van der Waals surface area contributed by atoms with Gasteiger partial charge in [0.15, 0.2) is 0 Å². The fraction of sp³-hybridized carbons (Fsp3) is 0.500. The van der Waals surface area contributed by atoms with Gasteiger partial charge in [0.2, 0.25) is 0 Å². The first-order valence-electron chi connectivity index (χ1n) is 22.1. The summed E-state index contributed by atoms with van der Waals surface area (Å²) in [6.07, 6.45) is 16.4. The summed E-state index contributed by atoms with van der Waals surface area (Å²) in [5.41, 5.74) is 2.87. The van der Waals surface area contributed by atoms with Crippen LogP contribution >= 0.6 is 45.3 Å². The number of rotatable bonds is 21. The Balaban J connectivity index is 1.41. The summed E-state index contributed by atoms with van der Waals surface area (Å²) in [6.45, 7) is 17.9. The molecule has 0 bridgehead atoms. The Morgan fingerprint density at radius 2 is 1.21 bits per heavy atom. The van der Waals surface area contributed by atoms with Crippen molar-refractivity contribution in [2.75, 3.05) is 0 Å². The molecule has 6 heterocycles. The Kier molecular flexibility index (Phi) is 15.4. The van der Waals surface area contributed by atoms with Gasteiger partial charge >= 0.3 is 351 Å². The first kappa shape index (κ1) is 44.5. The zero-order valence-electron chi connectivity index (χ0n) is 35.8. The number of hydrogen-bond donors (Lipinski definition) is 0. The van der Waals surface area contributed by atoms with Crippen molar-refractivity contribution in [3.05, 3.63) is 65.7 Å². The molecule has 8 heteroatoms. The van der Waals surface area contributed by atoms with Gasteiger partial charge in [0, 0.05) is 0 Å². The predicted molar refractivity (Wildman–Crippen MR) is 262 cm³/mol. The molecule has 58 heavy (non-hydrogen) atoms. The van der Waals surface area contributed by atoms with Crippen LogP contribution in [0.1, 0.15) is 147 Å². The number of benzene rings is 1. The fourth-order valence-corrected chi connectivity index (χ4v) is 19.2. The Morgan fingerprint density at radius 3 is 1.76 bits per heavy atom. The summed E-state index contributed by atoms with van der Waals surface area (Å²) in [7, 11) is 0. The topological polar surface area (TPSA) is 17.1 Å². The van der Waals surface area contributed by atoms with E-state index in [-0.39, 0.29) is 46.5 Å². The maximum atomic E-state index is 16.4. The van der Waals surface area contributed by atoms with Gasteiger partial charge in [0.05, 0.1) is 0 Å². The minimum absolute atomic E-state index is 0.000977. The molecule has 6 aromatic heterocycles. The molecule has 0 aliphatic carbocycles. The van der Waals surface area contributed by atoms with E-state index in [0.29, 0.717) is 10.3 Å². The minimum atomic E-state index is -0.290. The van der Waals surface area contributed by atoms with Gasteiger partial charge in [-0.15, -0.1) is 0 Å². The van der Waals surface area contributed by atoms with E-state index >= 15 is 4.39 Å². The van der Waals surface area contributed by atoms with E-state index in [2.05, 4.69) is 84.9 Å². The Morgan fingerprint density at radius 1 is 0.655 bits per heavy atom. The van der Waals surface area contributed by atoms with Crippen LogP contribution < -0.4 is 0 Å². The number of unbranched alkanes of at least 4 members (excludes halogenated alkanes) is 3. The number of ketones is 1. The second-order valence-electron chi connectivity index (χ2n) is 16.5. The molecule has 3 atom stereocenters. The molecule has 7 rings (SSSR count). The van der Waals surface area contributed by atoms with E-state index in [1.54, 1.807) is 20.2 Å². The molecule has 310 valence electrons. The van der Waals surface area contributed by atoms with Crippen LogP contribution in [-0.2, 0) is 12.8 Å². The first-order valence-corrected chi connectivity index (χ1v) is 28.8. The summed E-state index contributed by atoms with van der Waals surface area (Å²) in [4.78, 5) is 18.9. The molecule has 0 fully saturated rings. The number of carbonyl (C=O) groups excluding carboxylic acids is 1. The molecule has 0 saturated carbocycles. The number of halogens is 1. The molecule has 0 spiro atoms. The van der Waals surface area contributed by atoms with Crippen LogP contribution in [0.3, 0.4) is 0 Å². The summed E-state index contributed by atoms with van der Waals surface area (Å²) >= 11 is 7.58. The average molecular weight is 983 g/mol. The molecular formula is C50H61FOS4Se2. The number of aryl methyl sites for hydroxylation is 2. The van der Waals surface area contributed by atoms with Gasteiger partial charge in [-0.25, -0.2) is 0 Å². The summed E-state index contributed by atoms with van der Waals surface area (Å²) < 4.78 is 26.5. The average Bonchev–Trinajstić information content (AvgIpc) is 4.08. The van der Waals surface area contributed by atoms with Crippen LogP contribution in [0, 0.1) is 37.4 Å². The molecule has 3 unspecified atom stereocenters. The predicted octanol–water partition coefficient (Wildman–Crippen LogP) is 17.2. The van der Waals surface area contributed by atoms with Gasteiger partial charge < -0.3 is 0 Å². The summed E-state index contributed by atoms with van der Waals surface area (Å²) in [5.74, 6) is 1.12. The molecule has 0 radical (unpaired) electrons. The summed E-state index contributed by atoms with van der Waals surface area (Å²) in [6, 6.07) is 14.8. The molecule has 7 aromatic rings. The van der Waals surface area contributed by atoms with Crippen LogP contribution in [0.15, 0.2) is 36.4 Å². The number of carbonyl (C=O) groups is 1. The second-order valence-corrected chi connectivity index (χ2v) is 26.0. The van der Waals surface area contributed by atoms with Crippen molar-refractivity contribution in [3.63, 3.8) is 0 Å². The van der Waals surface area contributed by atoms with Crippen LogP contribution in [0.5, 0.6) is 0 Å². The van der Waals surface area contributed by atoms with Crippen molar-refractivity contribution in [2.45, 2.75) is 145 Å². The van der Waals surface area contributed by atoms with Crippen molar-refractivity contribution in [1.82, 2.24) is 0 Å². The van der Waals surface area contributed by atoms with Gasteiger partial charge in [0.1, 0.15) is 0 Å². The van der Waals surface area contributed by atoms with Gasteiger partial charge in [-0.1, -0.05) is 26.7 Å². The second kappa shape index (κ2) is 20.1. The zero-order valence-corrected chi connectivity index (χ0v) is 42.5. The third-order valence-corrected chi connectivity index (χ3v) is 21.9. The van der Waals surface area contributed by atoms with Crippen LogP contribution in [0.25, 0.3) is 60.0 Å². The van der Waals surface area contributed by atoms with Crippen molar-refractivity contribution in [2.24, 2.45) is 17.8 Å². The fourth-order valence-electron chi connectivity index (χ4n) is 8.81. The van der Waals surface area contributed by atoms with Crippen LogP contribution in [0.2, 0.25) is 0 Å². The maximum absolute atomic E-state index is 16.4. The summed E-state index contributed by atoms with van der Waals surface area (Å²) in [5, 5.41) is 3.45. The molecule has 1 aromatic carbocycles. The van der Waals surface area contributed by atoms with E-state index in [0.717, 1.165) is 52.0 Å². The van der Waals surface area contributed by atoms with Crippen molar-refractivity contribution >= 4 is 110 Å². The zero-order chi connectivity index (χ0) is 41.1. The third-order valence-electron chi connectivity index (χ3n) is 12.3. The van der Waals surface area contributed by atoms with E-state index < -0.39 is 0 Å². The molecule has 0 amide bonds. The van der Waals surface area contributed by atoms with Gasteiger partial charge in [-0.3, -0.25) is 0 Å². The Bertz CT molecular complexity index is 2370. The Hall–Kier alpha value is -1.60. The van der Waals surface area contributed by atoms with Crippen LogP contribution in [-0.4, -0.2) is 34.8 Å². The molecular weight excluding hydrogens is 922 g/mol. The number of Topliss-reactive ketones (excluding diaryl/α,β-unsaturated/α-hetero) is 1. The first-order chi connectivity index (χ1) is 28.1. The van der Waals surface area contributed by atoms with Gasteiger partial charge in [-0.2, -0.15) is 0 Å². The van der Waals surface area contributed by atoms with E-state index in [9.17, 15) is 4.79 Å². The standard InChI is InChI=1S/C50H61FOS4Se2/c1-9-15-18-31(12-4)26-34-21-23-39(57-34)42-36-25-29(7)53-46(36)43(40-24-22-35(58-40)27-32(13-5)19-16-10-2)37-28-38(55-47(37)42)48-49-41(30(8)54-48)44(51)50(56-49)45(52)33(14-6)20-17-11-3/h21-25,28,31-33H,9-20,26-27H2,1-8H3. The van der Waals surface area contributed by atoms with E-state index in [4.69, 9.17) is 0 Å². The third kappa shape index (κ3) is 9.12. The van der Waals surface area contributed by atoms with Crippen molar-refractivity contribution in [1.29, 1.82) is 0 Å². The number of thiophene rings is 4. The van der Waals surface area contributed by atoms with Gasteiger partial charge in [-0.05, 0) is 0 Å². The molecule has 0 N–H and O–H groups in total. The van der Waals surface area contributed by atoms with Crippen LogP contribution in [0.4, 0.5) is 4.39 Å². The normalized spacial score (nSPS) is 13.7.